The van der Waals surface area contributed by atoms with Crippen LogP contribution in [0.15, 0.2) is 30.3 Å². The van der Waals surface area contributed by atoms with Gasteiger partial charge in [0.15, 0.2) is 5.78 Å². The van der Waals surface area contributed by atoms with Crippen molar-refractivity contribution in [1.82, 2.24) is 0 Å². The number of Topliss-reactive ketones (excluding diaryl/α,β-unsaturated/α-hetero) is 1. The molecule has 1 atom stereocenters. The highest BCUT2D eigenvalue weighted by Crippen LogP contribution is 2.16. The minimum atomic E-state index is 0.116. The van der Waals surface area contributed by atoms with E-state index >= 15 is 0 Å². The van der Waals surface area contributed by atoms with Gasteiger partial charge in [0.1, 0.15) is 0 Å². The molecule has 18 heavy (non-hydrogen) atoms. The highest BCUT2D eigenvalue weighted by molar-refractivity contribution is 5.97. The van der Waals surface area contributed by atoms with Crippen LogP contribution in [0.3, 0.4) is 0 Å². The summed E-state index contributed by atoms with van der Waals surface area (Å²) in [5, 5.41) is 8.67. The third kappa shape index (κ3) is 5.46. The lowest BCUT2D eigenvalue weighted by molar-refractivity contribution is 0.0922. The summed E-state index contributed by atoms with van der Waals surface area (Å²) in [7, 11) is 0. The molecule has 0 saturated carbocycles. The monoisotopic (exact) mass is 248 g/mol. The maximum atomic E-state index is 12.1. The minimum absolute atomic E-state index is 0.116. The van der Waals surface area contributed by atoms with Gasteiger partial charge in [-0.15, -0.1) is 0 Å². The second kappa shape index (κ2) is 8.87. The zero-order valence-corrected chi connectivity index (χ0v) is 11.3. The fourth-order valence-corrected chi connectivity index (χ4v) is 2.11. The summed E-state index contributed by atoms with van der Waals surface area (Å²) in [6, 6.07) is 9.53. The fraction of sp³-hybridized carbons (Fsp3) is 0.562. The second-order valence-electron chi connectivity index (χ2n) is 4.91. The van der Waals surface area contributed by atoms with Crippen molar-refractivity contribution in [3.05, 3.63) is 35.9 Å². The van der Waals surface area contributed by atoms with Gasteiger partial charge in [-0.1, -0.05) is 62.9 Å². The zero-order valence-electron chi connectivity index (χ0n) is 11.3. The van der Waals surface area contributed by atoms with E-state index < -0.39 is 0 Å². The molecule has 0 aliphatic carbocycles. The number of carbonyl (C=O) groups is 1. The van der Waals surface area contributed by atoms with E-state index in [0.717, 1.165) is 44.1 Å². The van der Waals surface area contributed by atoms with E-state index in [2.05, 4.69) is 0 Å². The number of benzene rings is 1. The van der Waals surface area contributed by atoms with Crippen LogP contribution in [0.5, 0.6) is 0 Å². The van der Waals surface area contributed by atoms with E-state index in [1.807, 2.05) is 37.3 Å². The van der Waals surface area contributed by atoms with Crippen LogP contribution >= 0.6 is 0 Å². The Hall–Kier alpha value is -1.15. The van der Waals surface area contributed by atoms with Crippen LogP contribution < -0.4 is 0 Å². The number of ketones is 1. The van der Waals surface area contributed by atoms with E-state index in [0.29, 0.717) is 6.61 Å². The molecule has 0 spiro atoms. The Labute approximate surface area is 110 Å². The molecule has 1 N–H and O–H groups in total. The lowest BCUT2D eigenvalue weighted by Crippen LogP contribution is -2.11. The van der Waals surface area contributed by atoms with E-state index in [1.165, 1.54) is 0 Å². The van der Waals surface area contributed by atoms with Crippen LogP contribution in [0, 0.1) is 5.92 Å². The largest absolute Gasteiger partial charge is 0.396 e. The van der Waals surface area contributed by atoms with Gasteiger partial charge in [0.05, 0.1) is 0 Å². The first kappa shape index (κ1) is 14.9. The zero-order chi connectivity index (χ0) is 13.2. The number of rotatable bonds is 9. The van der Waals surface area contributed by atoms with Gasteiger partial charge in [-0.2, -0.15) is 0 Å². The maximum absolute atomic E-state index is 12.1. The van der Waals surface area contributed by atoms with Gasteiger partial charge >= 0.3 is 0 Å². The molecule has 0 radical (unpaired) electrons. The quantitative estimate of drug-likeness (QED) is 0.532. The Morgan fingerprint density at radius 1 is 1.06 bits per heavy atom. The molecule has 0 aliphatic heterocycles. The summed E-state index contributed by atoms with van der Waals surface area (Å²) in [6.45, 7) is 2.31. The summed E-state index contributed by atoms with van der Waals surface area (Å²) in [6.07, 6.45) is 6.38. The second-order valence-corrected chi connectivity index (χ2v) is 4.91. The standard InChI is InChI=1S/C16H24O2/c1-14(10-6-3-2-4-9-13-17)16(18)15-11-7-5-8-12-15/h5,7-8,11-12,14,17H,2-4,6,9-10,13H2,1H3. The van der Waals surface area contributed by atoms with Gasteiger partial charge < -0.3 is 5.11 Å². The molecule has 1 aromatic rings. The van der Waals surface area contributed by atoms with Crippen molar-refractivity contribution in [3.8, 4) is 0 Å². The minimum Gasteiger partial charge on any atom is -0.396 e. The average molecular weight is 248 g/mol. The molecule has 0 heterocycles. The van der Waals surface area contributed by atoms with Crippen molar-refractivity contribution in [2.24, 2.45) is 5.92 Å². The van der Waals surface area contributed by atoms with Crippen molar-refractivity contribution in [3.63, 3.8) is 0 Å². The van der Waals surface area contributed by atoms with Crippen LogP contribution in [-0.4, -0.2) is 17.5 Å². The summed E-state index contributed by atoms with van der Waals surface area (Å²) in [4.78, 5) is 12.1. The molecule has 0 aromatic heterocycles. The summed E-state index contributed by atoms with van der Waals surface area (Å²) in [5.74, 6) is 0.371. The summed E-state index contributed by atoms with van der Waals surface area (Å²) in [5.41, 5.74) is 0.824. The van der Waals surface area contributed by atoms with Crippen LogP contribution in [0.1, 0.15) is 55.8 Å². The number of hydrogen-bond acceptors (Lipinski definition) is 2. The third-order valence-electron chi connectivity index (χ3n) is 3.30. The molecule has 2 heteroatoms. The van der Waals surface area contributed by atoms with Crippen molar-refractivity contribution in [2.45, 2.75) is 45.4 Å². The van der Waals surface area contributed by atoms with Crippen LogP contribution in [-0.2, 0) is 0 Å². The first-order valence-electron chi connectivity index (χ1n) is 6.96. The number of carbonyl (C=O) groups excluding carboxylic acids is 1. The Bertz CT molecular complexity index is 332. The van der Waals surface area contributed by atoms with Gasteiger partial charge in [0.25, 0.3) is 0 Å². The Morgan fingerprint density at radius 2 is 1.67 bits per heavy atom. The summed E-state index contributed by atoms with van der Waals surface area (Å²) < 4.78 is 0. The Balaban J connectivity index is 2.20. The van der Waals surface area contributed by atoms with E-state index in [9.17, 15) is 4.79 Å². The molecule has 1 aromatic carbocycles. The van der Waals surface area contributed by atoms with Gasteiger partial charge in [0, 0.05) is 18.1 Å². The van der Waals surface area contributed by atoms with Gasteiger partial charge in [-0.25, -0.2) is 0 Å². The molecule has 1 rings (SSSR count). The molecule has 2 nitrogen and oxygen atoms in total. The molecular weight excluding hydrogens is 224 g/mol. The molecule has 1 unspecified atom stereocenters. The molecular formula is C16H24O2. The van der Waals surface area contributed by atoms with E-state index in [-0.39, 0.29) is 11.7 Å². The lowest BCUT2D eigenvalue weighted by atomic mass is 9.94. The van der Waals surface area contributed by atoms with E-state index in [1.54, 1.807) is 0 Å². The predicted molar refractivity (Wildman–Crippen MR) is 74.7 cm³/mol. The first-order chi connectivity index (χ1) is 8.75. The van der Waals surface area contributed by atoms with Crippen molar-refractivity contribution < 1.29 is 9.90 Å². The molecule has 0 fully saturated rings. The van der Waals surface area contributed by atoms with Crippen LogP contribution in [0.2, 0.25) is 0 Å². The first-order valence-corrected chi connectivity index (χ1v) is 6.96. The molecule has 0 amide bonds. The van der Waals surface area contributed by atoms with Crippen molar-refractivity contribution in [2.75, 3.05) is 6.61 Å². The Kier molecular flexibility index (Phi) is 7.35. The predicted octanol–water partition coefficient (Wildman–Crippen LogP) is 3.84. The van der Waals surface area contributed by atoms with Gasteiger partial charge in [-0.3, -0.25) is 4.79 Å². The van der Waals surface area contributed by atoms with Crippen molar-refractivity contribution >= 4 is 5.78 Å². The molecule has 0 aliphatic rings. The molecule has 0 saturated heterocycles. The van der Waals surface area contributed by atoms with Gasteiger partial charge in [0.2, 0.25) is 0 Å². The topological polar surface area (TPSA) is 37.3 Å². The fourth-order valence-electron chi connectivity index (χ4n) is 2.11. The normalized spacial score (nSPS) is 12.3. The van der Waals surface area contributed by atoms with Crippen LogP contribution in [0.25, 0.3) is 0 Å². The number of aliphatic hydroxyl groups is 1. The smallest absolute Gasteiger partial charge is 0.165 e. The SMILES string of the molecule is CC(CCCCCCCO)C(=O)c1ccccc1. The molecule has 0 bridgehead atoms. The highest BCUT2D eigenvalue weighted by Gasteiger charge is 2.13. The van der Waals surface area contributed by atoms with Crippen LogP contribution in [0.4, 0.5) is 0 Å². The molecule has 100 valence electrons. The van der Waals surface area contributed by atoms with E-state index in [4.69, 9.17) is 5.11 Å². The van der Waals surface area contributed by atoms with Crippen molar-refractivity contribution in [1.29, 1.82) is 0 Å². The van der Waals surface area contributed by atoms with Gasteiger partial charge in [-0.05, 0) is 12.8 Å². The average Bonchev–Trinajstić information content (AvgIpc) is 2.42. The Morgan fingerprint density at radius 3 is 2.33 bits per heavy atom. The lowest BCUT2D eigenvalue weighted by Gasteiger charge is -2.10. The number of hydrogen-bond donors (Lipinski definition) is 1. The number of unbranched alkanes of at least 4 members (excludes halogenated alkanes) is 4. The maximum Gasteiger partial charge on any atom is 0.165 e. The third-order valence-corrected chi connectivity index (χ3v) is 3.30. The number of aliphatic hydroxyl groups excluding tert-OH is 1. The highest BCUT2D eigenvalue weighted by atomic mass is 16.2. The summed E-state index contributed by atoms with van der Waals surface area (Å²) >= 11 is 0.